The van der Waals surface area contributed by atoms with Crippen LogP contribution in [0.4, 0.5) is 5.69 Å². The van der Waals surface area contributed by atoms with E-state index in [0.717, 1.165) is 28.7 Å². The minimum atomic E-state index is -1.09. The fraction of sp³-hybridized carbons (Fsp3) is 0.222. The number of hydrazone groups is 1. The lowest BCUT2D eigenvalue weighted by atomic mass is 9.47. The molecule has 1 heterocycles. The summed E-state index contributed by atoms with van der Waals surface area (Å²) in [5, 5.41) is 4.49. The maximum Gasteiger partial charge on any atom is 0.275 e. The second-order valence-electron chi connectivity index (χ2n) is 11.3. The monoisotopic (exact) mass is 585 g/mol. The second-order valence-corrected chi connectivity index (χ2v) is 11.3. The number of ether oxygens (including phenoxy) is 2. The van der Waals surface area contributed by atoms with Crippen LogP contribution in [-0.2, 0) is 15.0 Å². The molecule has 2 atom stereocenters. The van der Waals surface area contributed by atoms with Gasteiger partial charge >= 0.3 is 0 Å². The number of rotatable bonds is 8. The topological polar surface area (TPSA) is 97.3 Å². The molecule has 8 rings (SSSR count). The molecule has 0 radical (unpaired) electrons. The molecule has 1 N–H and O–H groups in total. The van der Waals surface area contributed by atoms with Crippen molar-refractivity contribution in [3.63, 3.8) is 0 Å². The van der Waals surface area contributed by atoms with Gasteiger partial charge in [0.25, 0.3) is 5.91 Å². The maximum absolute atomic E-state index is 14.5. The molecule has 0 spiro atoms. The first-order valence-electron chi connectivity index (χ1n) is 14.8. The number of benzene rings is 4. The summed E-state index contributed by atoms with van der Waals surface area (Å²) in [4.78, 5) is 43.4. The second kappa shape index (κ2) is 10.8. The molecule has 1 aliphatic heterocycles. The van der Waals surface area contributed by atoms with Gasteiger partial charge in [0.05, 0.1) is 42.2 Å². The molecule has 4 aromatic carbocycles. The Hall–Kier alpha value is -5.24. The maximum atomic E-state index is 14.5. The lowest BCUT2D eigenvalue weighted by Crippen LogP contribution is -2.54. The molecule has 0 aromatic heterocycles. The Kier molecular flexibility index (Phi) is 6.77. The average molecular weight is 586 g/mol. The molecule has 44 heavy (non-hydrogen) atoms. The molecular weight excluding hydrogens is 554 g/mol. The van der Waals surface area contributed by atoms with Crippen molar-refractivity contribution in [1.82, 2.24) is 5.43 Å². The third kappa shape index (κ3) is 3.97. The number of hydrogen-bond donors (Lipinski definition) is 1. The summed E-state index contributed by atoms with van der Waals surface area (Å²) in [6, 6.07) is 29.8. The Labute approximate surface area is 255 Å². The first kappa shape index (κ1) is 27.6. The Morgan fingerprint density at radius 2 is 1.52 bits per heavy atom. The summed E-state index contributed by atoms with van der Waals surface area (Å²) in [5.74, 6) is -1.57. The molecule has 3 aliphatic carbocycles. The lowest BCUT2D eigenvalue weighted by Gasteiger charge is -2.52. The van der Waals surface area contributed by atoms with E-state index < -0.39 is 23.2 Å². The predicted molar refractivity (Wildman–Crippen MR) is 166 cm³/mol. The van der Waals surface area contributed by atoms with Gasteiger partial charge in [0.1, 0.15) is 11.5 Å². The van der Waals surface area contributed by atoms with Crippen LogP contribution in [-0.4, -0.2) is 37.7 Å². The fourth-order valence-electron chi connectivity index (χ4n) is 7.30. The van der Waals surface area contributed by atoms with Crippen molar-refractivity contribution >= 4 is 29.6 Å². The molecular formula is C36H31N3O5. The van der Waals surface area contributed by atoms with E-state index in [1.54, 1.807) is 54.7 Å². The highest BCUT2D eigenvalue weighted by Crippen LogP contribution is 2.63. The molecule has 4 aromatic rings. The Morgan fingerprint density at radius 1 is 0.886 bits per heavy atom. The van der Waals surface area contributed by atoms with Crippen molar-refractivity contribution in [3.8, 4) is 11.5 Å². The largest absolute Gasteiger partial charge is 0.496 e. The van der Waals surface area contributed by atoms with Crippen LogP contribution in [0.1, 0.15) is 51.9 Å². The highest BCUT2D eigenvalue weighted by molar-refractivity contribution is 6.25. The zero-order chi connectivity index (χ0) is 30.4. The van der Waals surface area contributed by atoms with Crippen LogP contribution in [0.15, 0.2) is 102 Å². The van der Waals surface area contributed by atoms with E-state index in [1.165, 1.54) is 12.0 Å². The van der Waals surface area contributed by atoms with E-state index in [0.29, 0.717) is 29.4 Å². The van der Waals surface area contributed by atoms with Crippen molar-refractivity contribution in [2.75, 3.05) is 18.6 Å². The summed E-state index contributed by atoms with van der Waals surface area (Å²) in [6.45, 7) is 2.61. The number of para-hydroxylation sites is 1. The Bertz CT molecular complexity index is 1770. The van der Waals surface area contributed by atoms with Gasteiger partial charge in [-0.1, -0.05) is 67.6 Å². The number of hydrogen-bond acceptors (Lipinski definition) is 6. The standard InChI is InChI=1S/C36H31N3O5/c1-3-20-44-23-18-16-22(17-19-23)39-34(41)31-30-24-10-4-7-13-27(24)36(32(31)35(39)42,28-14-8-5-11-25(28)30)21-37-38-33(40)26-12-6-9-15-29(26)43-2/h4-19,21,30-32H,3,20H2,1-2H3,(H,38,40)/b37-21+/t30?,31-,32+,36?/m0/s1. The van der Waals surface area contributed by atoms with Crippen LogP contribution in [0.25, 0.3) is 0 Å². The van der Waals surface area contributed by atoms with Crippen LogP contribution in [0.5, 0.6) is 11.5 Å². The van der Waals surface area contributed by atoms with Gasteiger partial charge < -0.3 is 9.47 Å². The molecule has 8 nitrogen and oxygen atoms in total. The van der Waals surface area contributed by atoms with Gasteiger partial charge in [0.15, 0.2) is 0 Å². The number of methoxy groups -OCH3 is 1. The quantitative estimate of drug-likeness (QED) is 0.169. The zero-order valence-corrected chi connectivity index (χ0v) is 24.4. The number of imide groups is 1. The van der Waals surface area contributed by atoms with Crippen LogP contribution >= 0.6 is 0 Å². The molecule has 1 saturated heterocycles. The van der Waals surface area contributed by atoms with E-state index in [1.807, 2.05) is 55.5 Å². The van der Waals surface area contributed by atoms with Crippen molar-refractivity contribution < 1.29 is 23.9 Å². The summed E-state index contributed by atoms with van der Waals surface area (Å²) in [6.07, 6.45) is 2.53. The molecule has 0 unspecified atom stereocenters. The van der Waals surface area contributed by atoms with Gasteiger partial charge in [-0.3, -0.25) is 14.4 Å². The number of nitrogens with one attached hydrogen (secondary N) is 1. The molecule has 220 valence electrons. The van der Waals surface area contributed by atoms with Crippen LogP contribution in [0, 0.1) is 11.8 Å². The molecule has 1 fully saturated rings. The van der Waals surface area contributed by atoms with Gasteiger partial charge in [0, 0.05) is 12.1 Å². The number of anilines is 1. The third-order valence-corrected chi connectivity index (χ3v) is 9.04. The molecule has 8 heteroatoms. The molecule has 2 bridgehead atoms. The van der Waals surface area contributed by atoms with E-state index in [2.05, 4.69) is 10.5 Å². The average Bonchev–Trinajstić information content (AvgIpc) is 3.34. The third-order valence-electron chi connectivity index (χ3n) is 9.04. The first-order chi connectivity index (χ1) is 21.5. The van der Waals surface area contributed by atoms with Gasteiger partial charge in [-0.25, -0.2) is 10.3 Å². The van der Waals surface area contributed by atoms with Crippen LogP contribution in [0.2, 0.25) is 0 Å². The van der Waals surface area contributed by atoms with Gasteiger partial charge in [-0.15, -0.1) is 0 Å². The van der Waals surface area contributed by atoms with E-state index >= 15 is 0 Å². The summed E-state index contributed by atoms with van der Waals surface area (Å²) < 4.78 is 11.1. The fourth-order valence-corrected chi connectivity index (χ4v) is 7.30. The molecule has 4 aliphatic rings. The highest BCUT2D eigenvalue weighted by atomic mass is 16.5. The normalized spacial score (nSPS) is 22.9. The molecule has 0 saturated carbocycles. The van der Waals surface area contributed by atoms with Gasteiger partial charge in [-0.05, 0) is 65.1 Å². The SMILES string of the molecule is CCCOc1ccc(N2C(=O)[C@H]3C4c5ccccc5C(/C=N/NC(=O)c5ccccc5OC)(c5ccccc54)[C@H]3C2=O)cc1. The predicted octanol–water partition coefficient (Wildman–Crippen LogP) is 5.45. The lowest BCUT2D eigenvalue weighted by molar-refractivity contribution is -0.122. The highest BCUT2D eigenvalue weighted by Gasteiger charge is 2.68. The van der Waals surface area contributed by atoms with Crippen LogP contribution in [0.3, 0.4) is 0 Å². The summed E-state index contributed by atoms with van der Waals surface area (Å²) in [5.41, 5.74) is 6.19. The number of carbonyl (C=O) groups is 3. The Morgan fingerprint density at radius 3 is 2.18 bits per heavy atom. The van der Waals surface area contributed by atoms with E-state index in [9.17, 15) is 14.4 Å². The Balaban J connectivity index is 1.34. The van der Waals surface area contributed by atoms with Crippen molar-refractivity contribution in [2.24, 2.45) is 16.9 Å². The molecule has 3 amide bonds. The number of amides is 3. The number of nitrogens with zero attached hydrogens (tertiary/aromatic N) is 2. The van der Waals surface area contributed by atoms with Crippen molar-refractivity contribution in [1.29, 1.82) is 0 Å². The van der Waals surface area contributed by atoms with Gasteiger partial charge in [-0.2, -0.15) is 5.10 Å². The number of carbonyl (C=O) groups excluding carboxylic acids is 3. The summed E-state index contributed by atoms with van der Waals surface area (Å²) in [7, 11) is 1.50. The van der Waals surface area contributed by atoms with Crippen molar-refractivity contribution in [2.45, 2.75) is 24.7 Å². The summed E-state index contributed by atoms with van der Waals surface area (Å²) >= 11 is 0. The van der Waals surface area contributed by atoms with Gasteiger partial charge in [0.2, 0.25) is 11.8 Å². The minimum absolute atomic E-state index is 0.243. The van der Waals surface area contributed by atoms with E-state index in [4.69, 9.17) is 9.47 Å². The first-order valence-corrected chi connectivity index (χ1v) is 14.8. The zero-order valence-electron chi connectivity index (χ0n) is 24.4. The van der Waals surface area contributed by atoms with Crippen molar-refractivity contribution in [3.05, 3.63) is 125 Å². The van der Waals surface area contributed by atoms with E-state index in [-0.39, 0.29) is 17.7 Å². The van der Waals surface area contributed by atoms with Crippen LogP contribution < -0.4 is 19.8 Å². The minimum Gasteiger partial charge on any atom is -0.496 e. The smallest absolute Gasteiger partial charge is 0.275 e.